The summed E-state index contributed by atoms with van der Waals surface area (Å²) in [5.74, 6) is 1.79. The van der Waals surface area contributed by atoms with Gasteiger partial charge >= 0.3 is 0 Å². The lowest BCUT2D eigenvalue weighted by Crippen LogP contribution is -2.22. The Labute approximate surface area is 110 Å². The molecule has 1 aliphatic carbocycles. The highest BCUT2D eigenvalue weighted by atomic mass is 16.5. The van der Waals surface area contributed by atoms with E-state index in [0.717, 1.165) is 23.7 Å². The van der Waals surface area contributed by atoms with Gasteiger partial charge in [0, 0.05) is 0 Å². The van der Waals surface area contributed by atoms with E-state index in [0.29, 0.717) is 6.10 Å². The summed E-state index contributed by atoms with van der Waals surface area (Å²) in [6.45, 7) is 4.30. The maximum Gasteiger partial charge on any atom is 0.119 e. The molecule has 0 aromatic heterocycles. The fourth-order valence-corrected chi connectivity index (χ4v) is 2.54. The van der Waals surface area contributed by atoms with Crippen LogP contribution < -0.4 is 4.74 Å². The molecule has 100 valence electrons. The third kappa shape index (κ3) is 3.49. The highest BCUT2D eigenvalue weighted by Crippen LogP contribution is 2.28. The zero-order chi connectivity index (χ0) is 13.0. The number of aliphatic hydroxyl groups excluding tert-OH is 1. The van der Waals surface area contributed by atoms with Crippen LogP contribution in [0.3, 0.4) is 0 Å². The minimum absolute atomic E-state index is 0.352. The predicted molar refractivity (Wildman–Crippen MR) is 73.7 cm³/mol. The van der Waals surface area contributed by atoms with Crippen molar-refractivity contribution in [2.75, 3.05) is 0 Å². The van der Waals surface area contributed by atoms with Crippen LogP contribution in [-0.2, 0) is 0 Å². The van der Waals surface area contributed by atoms with E-state index in [9.17, 15) is 5.11 Å². The lowest BCUT2D eigenvalue weighted by molar-refractivity contribution is 0.135. The van der Waals surface area contributed by atoms with Gasteiger partial charge in [0.2, 0.25) is 0 Å². The molecule has 1 aromatic carbocycles. The number of rotatable bonds is 4. The molecule has 0 saturated heterocycles. The summed E-state index contributed by atoms with van der Waals surface area (Å²) >= 11 is 0. The predicted octanol–water partition coefficient (Wildman–Crippen LogP) is 4.09. The van der Waals surface area contributed by atoms with Gasteiger partial charge in [-0.2, -0.15) is 0 Å². The highest BCUT2D eigenvalue weighted by molar-refractivity contribution is 5.28. The van der Waals surface area contributed by atoms with Crippen molar-refractivity contribution in [1.29, 1.82) is 0 Å². The number of aliphatic hydroxyl groups is 1. The van der Waals surface area contributed by atoms with Crippen LogP contribution in [0, 0.1) is 5.92 Å². The highest BCUT2D eigenvalue weighted by Gasteiger charge is 2.19. The fraction of sp³-hybridized carbons (Fsp3) is 0.625. The summed E-state index contributed by atoms with van der Waals surface area (Å²) in [5.41, 5.74) is 0.974. The van der Waals surface area contributed by atoms with Crippen molar-refractivity contribution in [2.45, 2.75) is 58.2 Å². The third-order valence-electron chi connectivity index (χ3n) is 3.92. The molecular weight excluding hydrogens is 224 g/mol. The Balaban J connectivity index is 1.90. The SMILES string of the molecule is CCC(O)c1ccc(OC2CCC(C)CC2)cc1. The van der Waals surface area contributed by atoms with Crippen LogP contribution in [0.2, 0.25) is 0 Å². The summed E-state index contributed by atoms with van der Waals surface area (Å²) in [4.78, 5) is 0. The maximum atomic E-state index is 9.73. The average Bonchev–Trinajstić information content (AvgIpc) is 2.41. The molecular formula is C16H24O2. The first-order chi connectivity index (χ1) is 8.69. The number of hydrogen-bond acceptors (Lipinski definition) is 2. The van der Waals surface area contributed by atoms with Gasteiger partial charge in [0.05, 0.1) is 12.2 Å². The van der Waals surface area contributed by atoms with Crippen molar-refractivity contribution in [3.63, 3.8) is 0 Å². The summed E-state index contributed by atoms with van der Waals surface area (Å²) < 4.78 is 5.99. The molecule has 1 saturated carbocycles. The molecule has 2 heteroatoms. The van der Waals surface area contributed by atoms with Gasteiger partial charge in [-0.25, -0.2) is 0 Å². The molecule has 0 bridgehead atoms. The second kappa shape index (κ2) is 6.24. The largest absolute Gasteiger partial charge is 0.490 e. The van der Waals surface area contributed by atoms with E-state index in [4.69, 9.17) is 4.74 Å². The molecule has 1 atom stereocenters. The quantitative estimate of drug-likeness (QED) is 0.869. The van der Waals surface area contributed by atoms with Crippen LogP contribution in [0.25, 0.3) is 0 Å². The third-order valence-corrected chi connectivity index (χ3v) is 3.92. The maximum absolute atomic E-state index is 9.73. The minimum Gasteiger partial charge on any atom is -0.490 e. The van der Waals surface area contributed by atoms with Gasteiger partial charge in [-0.1, -0.05) is 26.0 Å². The van der Waals surface area contributed by atoms with Gasteiger partial charge < -0.3 is 9.84 Å². The van der Waals surface area contributed by atoms with Crippen LogP contribution in [0.5, 0.6) is 5.75 Å². The molecule has 0 radical (unpaired) electrons. The van der Waals surface area contributed by atoms with E-state index in [1.165, 1.54) is 25.7 Å². The molecule has 1 aromatic rings. The van der Waals surface area contributed by atoms with Crippen molar-refractivity contribution in [3.8, 4) is 5.75 Å². The lowest BCUT2D eigenvalue weighted by Gasteiger charge is -2.27. The van der Waals surface area contributed by atoms with Crippen molar-refractivity contribution in [2.24, 2.45) is 5.92 Å². The van der Waals surface area contributed by atoms with E-state index in [-0.39, 0.29) is 6.10 Å². The van der Waals surface area contributed by atoms with Gasteiger partial charge in [0.15, 0.2) is 0 Å². The van der Waals surface area contributed by atoms with Crippen LogP contribution in [0.15, 0.2) is 24.3 Å². The fourth-order valence-electron chi connectivity index (χ4n) is 2.54. The second-order valence-corrected chi connectivity index (χ2v) is 5.49. The smallest absolute Gasteiger partial charge is 0.119 e. The molecule has 1 unspecified atom stereocenters. The molecule has 18 heavy (non-hydrogen) atoms. The Morgan fingerprint density at radius 2 is 1.78 bits per heavy atom. The molecule has 1 aliphatic rings. The monoisotopic (exact) mass is 248 g/mol. The van der Waals surface area contributed by atoms with Crippen molar-refractivity contribution >= 4 is 0 Å². The van der Waals surface area contributed by atoms with Crippen LogP contribution in [-0.4, -0.2) is 11.2 Å². The Bertz CT molecular complexity index is 350. The van der Waals surface area contributed by atoms with Gasteiger partial charge in [0.25, 0.3) is 0 Å². The van der Waals surface area contributed by atoms with Gasteiger partial charge in [-0.15, -0.1) is 0 Å². The Morgan fingerprint density at radius 1 is 1.17 bits per heavy atom. The minimum atomic E-state index is -0.352. The van der Waals surface area contributed by atoms with Crippen LogP contribution in [0.1, 0.15) is 57.6 Å². The molecule has 2 nitrogen and oxygen atoms in total. The summed E-state index contributed by atoms with van der Waals surface area (Å²) in [7, 11) is 0. The standard InChI is InChI=1S/C16H24O2/c1-3-16(17)13-6-10-15(11-7-13)18-14-8-4-12(2)5-9-14/h6-7,10-12,14,16-17H,3-5,8-9H2,1-2H3. The molecule has 1 N–H and O–H groups in total. The lowest BCUT2D eigenvalue weighted by atomic mass is 9.89. The molecule has 0 aliphatic heterocycles. The number of ether oxygens (including phenoxy) is 1. The van der Waals surface area contributed by atoms with Crippen LogP contribution in [0.4, 0.5) is 0 Å². The molecule has 2 rings (SSSR count). The summed E-state index contributed by atoms with van der Waals surface area (Å²) in [5, 5.41) is 9.73. The zero-order valence-corrected chi connectivity index (χ0v) is 11.4. The normalized spacial score (nSPS) is 25.7. The first-order valence-electron chi connectivity index (χ1n) is 7.13. The Hall–Kier alpha value is -1.02. The van der Waals surface area contributed by atoms with E-state index < -0.39 is 0 Å². The van der Waals surface area contributed by atoms with Crippen LogP contribution >= 0.6 is 0 Å². The average molecular weight is 248 g/mol. The topological polar surface area (TPSA) is 29.5 Å². The first-order valence-corrected chi connectivity index (χ1v) is 7.13. The molecule has 0 amide bonds. The Morgan fingerprint density at radius 3 is 2.33 bits per heavy atom. The molecule has 1 fully saturated rings. The Kier molecular flexibility index (Phi) is 4.65. The van der Waals surface area contributed by atoms with Crippen molar-refractivity contribution < 1.29 is 9.84 Å². The van der Waals surface area contributed by atoms with E-state index in [1.807, 2.05) is 31.2 Å². The van der Waals surface area contributed by atoms with Gasteiger partial charge in [-0.05, 0) is 55.7 Å². The van der Waals surface area contributed by atoms with Gasteiger partial charge in [0.1, 0.15) is 5.75 Å². The number of hydrogen-bond donors (Lipinski definition) is 1. The first kappa shape index (κ1) is 13.4. The zero-order valence-electron chi connectivity index (χ0n) is 11.4. The molecule has 0 spiro atoms. The second-order valence-electron chi connectivity index (χ2n) is 5.49. The van der Waals surface area contributed by atoms with Crippen molar-refractivity contribution in [1.82, 2.24) is 0 Å². The van der Waals surface area contributed by atoms with E-state index >= 15 is 0 Å². The van der Waals surface area contributed by atoms with Gasteiger partial charge in [-0.3, -0.25) is 0 Å². The van der Waals surface area contributed by atoms with E-state index in [1.54, 1.807) is 0 Å². The number of benzene rings is 1. The summed E-state index contributed by atoms with van der Waals surface area (Å²) in [6, 6.07) is 7.89. The van der Waals surface area contributed by atoms with E-state index in [2.05, 4.69) is 6.92 Å². The van der Waals surface area contributed by atoms with Crippen molar-refractivity contribution in [3.05, 3.63) is 29.8 Å². The molecule has 0 heterocycles. The summed E-state index contributed by atoms with van der Waals surface area (Å²) in [6.07, 6.45) is 5.66.